The summed E-state index contributed by atoms with van der Waals surface area (Å²) in [5.41, 5.74) is 0. The van der Waals surface area contributed by atoms with Gasteiger partial charge >= 0.3 is 13.8 Å². The second-order valence-electron chi connectivity index (χ2n) is 14.7. The Balaban J connectivity index is 4.19. The monoisotopic (exact) mass is 787 g/mol. The van der Waals surface area contributed by atoms with Crippen molar-refractivity contribution in [2.45, 2.75) is 206 Å². The molecule has 9 nitrogen and oxygen atoms in total. The first-order valence-corrected chi connectivity index (χ1v) is 23.5. The molecule has 0 spiro atoms. The average molecular weight is 787 g/mol. The molecule has 0 aromatic heterocycles. The van der Waals surface area contributed by atoms with Crippen LogP contribution in [0.15, 0.2) is 36.5 Å². The number of ether oxygens (including phenoxy) is 2. The summed E-state index contributed by atoms with van der Waals surface area (Å²) < 4.78 is 33.3. The third-order valence-corrected chi connectivity index (χ3v) is 10.3. The molecule has 0 aromatic carbocycles. The van der Waals surface area contributed by atoms with Gasteiger partial charge in [0.15, 0.2) is 0 Å². The molecule has 0 heterocycles. The molecule has 3 N–H and O–H groups in total. The van der Waals surface area contributed by atoms with Crippen LogP contribution in [-0.4, -0.2) is 66.3 Å². The van der Waals surface area contributed by atoms with Crippen molar-refractivity contribution in [2.24, 2.45) is 0 Å². The molecular formula is C44H83O9P. The number of hydrogen-bond acceptors (Lipinski definition) is 8. The fraction of sp³-hybridized carbons (Fsp3) is 0.841. The van der Waals surface area contributed by atoms with Crippen molar-refractivity contribution in [2.75, 3.05) is 33.0 Å². The van der Waals surface area contributed by atoms with Gasteiger partial charge in [0.2, 0.25) is 0 Å². The highest BCUT2D eigenvalue weighted by molar-refractivity contribution is 7.47. The number of phosphoric acid groups is 1. The Hall–Kier alpha value is -1.32. The maximum absolute atomic E-state index is 12.6. The summed E-state index contributed by atoms with van der Waals surface area (Å²) in [6, 6.07) is 0. The fourth-order valence-corrected chi connectivity index (χ4v) is 6.74. The van der Waals surface area contributed by atoms with E-state index in [1.165, 1.54) is 116 Å². The van der Waals surface area contributed by atoms with Crippen molar-refractivity contribution in [1.82, 2.24) is 0 Å². The van der Waals surface area contributed by atoms with Crippen LogP contribution >= 0.6 is 7.82 Å². The van der Waals surface area contributed by atoms with Crippen molar-refractivity contribution >= 4 is 13.8 Å². The maximum Gasteiger partial charge on any atom is 0.472 e. The first-order chi connectivity index (χ1) is 26.3. The largest absolute Gasteiger partial charge is 0.472 e. The molecule has 0 aromatic rings. The van der Waals surface area contributed by atoms with Gasteiger partial charge < -0.3 is 24.6 Å². The van der Waals surface area contributed by atoms with Gasteiger partial charge in [0, 0.05) is 13.0 Å². The van der Waals surface area contributed by atoms with E-state index in [4.69, 9.17) is 23.6 Å². The van der Waals surface area contributed by atoms with Gasteiger partial charge in [-0.25, -0.2) is 4.57 Å². The molecule has 0 fully saturated rings. The highest BCUT2D eigenvalue weighted by atomic mass is 31.2. The number of allylic oxidation sites excluding steroid dienone is 6. The molecular weight excluding hydrogens is 703 g/mol. The molecule has 0 saturated carbocycles. The predicted octanol–water partition coefficient (Wildman–Crippen LogP) is 12.0. The lowest BCUT2D eigenvalue weighted by Gasteiger charge is -2.20. The molecule has 3 atom stereocenters. The molecule has 0 amide bonds. The Morgan fingerprint density at radius 1 is 0.574 bits per heavy atom. The first-order valence-electron chi connectivity index (χ1n) is 22.0. The van der Waals surface area contributed by atoms with E-state index in [1.54, 1.807) is 0 Å². The quantitative estimate of drug-likeness (QED) is 0.0239. The van der Waals surface area contributed by atoms with Crippen LogP contribution < -0.4 is 0 Å². The molecule has 0 bridgehead atoms. The normalized spacial score (nSPS) is 14.4. The summed E-state index contributed by atoms with van der Waals surface area (Å²) >= 11 is 0. The molecule has 0 saturated heterocycles. The molecule has 0 rings (SSSR count). The highest BCUT2D eigenvalue weighted by Gasteiger charge is 2.26. The molecule has 1 unspecified atom stereocenters. The zero-order chi connectivity index (χ0) is 39.6. The van der Waals surface area contributed by atoms with E-state index in [2.05, 4.69) is 50.3 Å². The van der Waals surface area contributed by atoms with Crippen LogP contribution in [0.2, 0.25) is 0 Å². The lowest BCUT2D eigenvalue weighted by Crippen LogP contribution is -2.29. The second-order valence-corrected chi connectivity index (χ2v) is 16.2. The molecule has 0 aliphatic heterocycles. The van der Waals surface area contributed by atoms with Crippen LogP contribution in [0.3, 0.4) is 0 Å². The predicted molar refractivity (Wildman–Crippen MR) is 224 cm³/mol. The number of carbonyl (C=O) groups is 1. The van der Waals surface area contributed by atoms with Crippen LogP contribution in [-0.2, 0) is 27.9 Å². The Labute approximate surface area is 331 Å². The van der Waals surface area contributed by atoms with Crippen LogP contribution in [0.4, 0.5) is 0 Å². The van der Waals surface area contributed by atoms with E-state index in [-0.39, 0.29) is 13.0 Å². The number of aliphatic hydroxyl groups is 2. The van der Waals surface area contributed by atoms with Gasteiger partial charge in [0.05, 0.1) is 26.4 Å². The maximum atomic E-state index is 12.6. The summed E-state index contributed by atoms with van der Waals surface area (Å²) in [5.74, 6) is -0.417. The number of phosphoric ester groups is 1. The molecule has 10 heteroatoms. The zero-order valence-corrected chi connectivity index (χ0v) is 35.6. The fourth-order valence-electron chi connectivity index (χ4n) is 5.95. The van der Waals surface area contributed by atoms with Gasteiger partial charge in [-0.3, -0.25) is 13.8 Å². The van der Waals surface area contributed by atoms with Crippen molar-refractivity contribution in [3.8, 4) is 0 Å². The van der Waals surface area contributed by atoms with Crippen molar-refractivity contribution in [3.63, 3.8) is 0 Å². The van der Waals surface area contributed by atoms with Crippen LogP contribution in [0.25, 0.3) is 0 Å². The minimum atomic E-state index is -4.52. The van der Waals surface area contributed by atoms with Gasteiger partial charge in [-0.2, -0.15) is 0 Å². The standard InChI is InChI=1S/C44H83O9P/c1-3-5-7-9-11-13-15-17-19-20-21-23-25-27-29-31-33-35-37-50-40-43(41-52-54(48,49)51-39-42(46)38-45)53-44(47)36-34-32-30-28-26-24-22-18-16-14-12-10-8-6-4-2/h12,14,18,22,26,28,42-43,45-46H,3-11,13,15-17,19-21,23-25,27,29-41H2,1-2H3,(H,48,49)/b14-12-,22-18-,28-26-/t42-,43+/m0/s1. The van der Waals surface area contributed by atoms with E-state index in [0.717, 1.165) is 51.4 Å². The molecule has 54 heavy (non-hydrogen) atoms. The molecule has 318 valence electrons. The van der Waals surface area contributed by atoms with Gasteiger partial charge in [-0.05, 0) is 51.4 Å². The van der Waals surface area contributed by atoms with E-state index in [9.17, 15) is 19.4 Å². The number of carbonyl (C=O) groups excluding carboxylic acids is 1. The smallest absolute Gasteiger partial charge is 0.457 e. The van der Waals surface area contributed by atoms with E-state index >= 15 is 0 Å². The Bertz CT molecular complexity index is 939. The summed E-state index contributed by atoms with van der Waals surface area (Å²) in [7, 11) is -4.52. The Morgan fingerprint density at radius 2 is 1.00 bits per heavy atom. The molecule has 0 radical (unpaired) electrons. The number of hydrogen-bond donors (Lipinski definition) is 3. The number of esters is 1. The van der Waals surface area contributed by atoms with Crippen LogP contribution in [0, 0.1) is 0 Å². The summed E-state index contributed by atoms with van der Waals surface area (Å²) in [6.45, 7) is 3.46. The van der Waals surface area contributed by atoms with Crippen LogP contribution in [0.1, 0.15) is 194 Å². The minimum Gasteiger partial charge on any atom is -0.457 e. The lowest BCUT2D eigenvalue weighted by atomic mass is 10.0. The minimum absolute atomic E-state index is 0.0366. The third kappa shape index (κ3) is 40.3. The summed E-state index contributed by atoms with van der Waals surface area (Å²) in [6.07, 6.45) is 43.9. The van der Waals surface area contributed by atoms with Crippen molar-refractivity contribution in [3.05, 3.63) is 36.5 Å². The number of unbranched alkanes of at least 4 members (excludes halogenated alkanes) is 22. The van der Waals surface area contributed by atoms with Crippen molar-refractivity contribution in [1.29, 1.82) is 0 Å². The average Bonchev–Trinajstić information content (AvgIpc) is 3.16. The second kappa shape index (κ2) is 41.3. The van der Waals surface area contributed by atoms with Gasteiger partial charge in [0.25, 0.3) is 0 Å². The lowest BCUT2D eigenvalue weighted by molar-refractivity contribution is -0.154. The first kappa shape index (κ1) is 52.7. The van der Waals surface area contributed by atoms with Gasteiger partial charge in [0.1, 0.15) is 12.2 Å². The highest BCUT2D eigenvalue weighted by Crippen LogP contribution is 2.43. The SMILES string of the molecule is CCCCC/C=C\C/C=C\C/C=C\CCCCC(=O)O[C@H](COCCCCCCCCCCCCCCCCCCCC)COP(=O)(O)OC[C@@H](O)CO. The number of rotatable bonds is 42. The molecule has 0 aliphatic rings. The van der Waals surface area contributed by atoms with Gasteiger partial charge in [-0.15, -0.1) is 0 Å². The van der Waals surface area contributed by atoms with Crippen molar-refractivity contribution < 1.29 is 43.0 Å². The third-order valence-electron chi connectivity index (χ3n) is 9.33. The van der Waals surface area contributed by atoms with E-state index in [0.29, 0.717) is 13.0 Å². The zero-order valence-electron chi connectivity index (χ0n) is 34.7. The van der Waals surface area contributed by atoms with Crippen LogP contribution in [0.5, 0.6) is 0 Å². The molecule has 0 aliphatic carbocycles. The van der Waals surface area contributed by atoms with Gasteiger partial charge in [-0.1, -0.05) is 172 Å². The Kier molecular flexibility index (Phi) is 40.3. The Morgan fingerprint density at radius 3 is 1.50 bits per heavy atom. The van der Waals surface area contributed by atoms with E-state index in [1.807, 2.05) is 0 Å². The number of aliphatic hydroxyl groups excluding tert-OH is 2. The topological polar surface area (TPSA) is 132 Å². The summed E-state index contributed by atoms with van der Waals surface area (Å²) in [5, 5.41) is 18.3. The summed E-state index contributed by atoms with van der Waals surface area (Å²) in [4.78, 5) is 22.5. The van der Waals surface area contributed by atoms with E-state index < -0.39 is 45.8 Å².